The molecule has 1 N–H and O–H groups in total. The van der Waals surface area contributed by atoms with E-state index in [1.54, 1.807) is 0 Å². The van der Waals surface area contributed by atoms with E-state index in [4.69, 9.17) is 0 Å². The summed E-state index contributed by atoms with van der Waals surface area (Å²) in [5, 5.41) is 3.82. The minimum absolute atomic E-state index is 0.247. The van der Waals surface area contributed by atoms with Crippen LogP contribution in [0.2, 0.25) is 0 Å². The van der Waals surface area contributed by atoms with Gasteiger partial charge in [0.15, 0.2) is 0 Å². The molecule has 1 aliphatic carbocycles. The predicted molar refractivity (Wildman–Crippen MR) is 82.5 cm³/mol. The first-order valence-corrected chi connectivity index (χ1v) is 7.95. The molecule has 2 aliphatic rings. The maximum Gasteiger partial charge on any atom is 0.0338 e. The second-order valence-corrected chi connectivity index (χ2v) is 7.12. The Kier molecular flexibility index (Phi) is 3.59. The first kappa shape index (κ1) is 14.0. The van der Waals surface area contributed by atoms with E-state index in [0.29, 0.717) is 5.54 Å². The van der Waals surface area contributed by atoms with E-state index in [1.807, 2.05) is 18.5 Å². The van der Waals surface area contributed by atoms with Crippen molar-refractivity contribution in [1.82, 2.24) is 15.2 Å². The maximum atomic E-state index is 4.27. The number of nitrogens with one attached hydrogen (secondary N) is 1. The van der Waals surface area contributed by atoms with Crippen molar-refractivity contribution in [3.63, 3.8) is 0 Å². The van der Waals surface area contributed by atoms with Crippen LogP contribution in [0.3, 0.4) is 0 Å². The van der Waals surface area contributed by atoms with E-state index >= 15 is 0 Å². The lowest BCUT2D eigenvalue weighted by Gasteiger charge is -2.52. The highest BCUT2D eigenvalue weighted by atomic mass is 15.3. The Hall–Kier alpha value is -0.930. The van der Waals surface area contributed by atoms with Crippen molar-refractivity contribution < 1.29 is 0 Å². The molecule has 0 bridgehead atoms. The van der Waals surface area contributed by atoms with E-state index in [0.717, 1.165) is 25.6 Å². The Morgan fingerprint density at radius 2 is 2.20 bits per heavy atom. The normalized spacial score (nSPS) is 35.1. The molecule has 1 aromatic rings. The lowest BCUT2D eigenvalue weighted by Crippen LogP contribution is -2.68. The van der Waals surface area contributed by atoms with Gasteiger partial charge in [-0.25, -0.2) is 0 Å². The molecule has 2 fully saturated rings. The van der Waals surface area contributed by atoms with Crippen LogP contribution in [0.25, 0.3) is 0 Å². The number of hydrogen-bond acceptors (Lipinski definition) is 3. The summed E-state index contributed by atoms with van der Waals surface area (Å²) < 4.78 is 0. The van der Waals surface area contributed by atoms with Gasteiger partial charge in [0.05, 0.1) is 0 Å². The van der Waals surface area contributed by atoms with Gasteiger partial charge in [-0.1, -0.05) is 13.0 Å². The van der Waals surface area contributed by atoms with Crippen molar-refractivity contribution in [2.45, 2.75) is 57.7 Å². The summed E-state index contributed by atoms with van der Waals surface area (Å²) in [6.07, 6.45) is 7.84. The van der Waals surface area contributed by atoms with Gasteiger partial charge in [-0.2, -0.15) is 0 Å². The molecule has 1 aromatic heterocycles. The molecule has 20 heavy (non-hydrogen) atoms. The van der Waals surface area contributed by atoms with E-state index in [9.17, 15) is 0 Å². The molecule has 1 saturated carbocycles. The van der Waals surface area contributed by atoms with Gasteiger partial charge >= 0.3 is 0 Å². The molecule has 110 valence electrons. The number of aromatic nitrogens is 1. The highest BCUT2D eigenvalue weighted by Gasteiger charge is 2.50. The molecule has 3 nitrogen and oxygen atoms in total. The third-order valence-corrected chi connectivity index (χ3v) is 5.47. The van der Waals surface area contributed by atoms with Crippen LogP contribution in [-0.2, 0) is 6.54 Å². The van der Waals surface area contributed by atoms with Gasteiger partial charge in [0.1, 0.15) is 0 Å². The van der Waals surface area contributed by atoms with Crippen LogP contribution in [0.5, 0.6) is 0 Å². The van der Waals surface area contributed by atoms with E-state index in [1.165, 1.54) is 24.8 Å². The van der Waals surface area contributed by atoms with Crippen molar-refractivity contribution in [1.29, 1.82) is 0 Å². The zero-order valence-electron chi connectivity index (χ0n) is 13.0. The van der Waals surface area contributed by atoms with Gasteiger partial charge in [0, 0.05) is 43.1 Å². The maximum absolute atomic E-state index is 4.27. The minimum atomic E-state index is 0.247. The van der Waals surface area contributed by atoms with Crippen molar-refractivity contribution in [3.05, 3.63) is 30.1 Å². The Morgan fingerprint density at radius 1 is 1.40 bits per heavy atom. The van der Waals surface area contributed by atoms with Crippen molar-refractivity contribution in [2.75, 3.05) is 13.1 Å². The Balaban J connectivity index is 1.81. The number of piperazine rings is 1. The molecule has 3 heteroatoms. The smallest absolute Gasteiger partial charge is 0.0338 e. The third kappa shape index (κ3) is 2.61. The van der Waals surface area contributed by atoms with E-state index in [2.05, 4.69) is 42.0 Å². The quantitative estimate of drug-likeness (QED) is 0.914. The monoisotopic (exact) mass is 273 g/mol. The molecule has 0 radical (unpaired) electrons. The van der Waals surface area contributed by atoms with Gasteiger partial charge in [0.2, 0.25) is 0 Å². The summed E-state index contributed by atoms with van der Waals surface area (Å²) in [6, 6.07) is 4.25. The molecule has 3 rings (SSSR count). The van der Waals surface area contributed by atoms with Gasteiger partial charge < -0.3 is 5.32 Å². The summed E-state index contributed by atoms with van der Waals surface area (Å²) >= 11 is 0. The van der Waals surface area contributed by atoms with Gasteiger partial charge in [0.25, 0.3) is 0 Å². The zero-order valence-corrected chi connectivity index (χ0v) is 13.0. The SMILES string of the molecule is CCC1(C)CN(Cc2cccnc2)C(C)(C2CC2)CN1. The van der Waals surface area contributed by atoms with Crippen molar-refractivity contribution in [2.24, 2.45) is 5.92 Å². The lowest BCUT2D eigenvalue weighted by molar-refractivity contribution is -0.00140. The number of pyridine rings is 1. The second kappa shape index (κ2) is 5.12. The van der Waals surface area contributed by atoms with Crippen molar-refractivity contribution in [3.8, 4) is 0 Å². The molecular weight excluding hydrogens is 246 g/mol. The standard InChI is InChI=1S/C17H27N3/c1-4-16(2)13-20(11-14-6-5-9-18-10-14)17(3,12-19-16)15-7-8-15/h5-6,9-10,15,19H,4,7-8,11-13H2,1-3H3. The second-order valence-electron chi connectivity index (χ2n) is 7.12. The molecule has 0 aromatic carbocycles. The first-order chi connectivity index (χ1) is 9.56. The number of hydrogen-bond donors (Lipinski definition) is 1. The highest BCUT2D eigenvalue weighted by Crippen LogP contribution is 2.45. The number of nitrogens with zero attached hydrogens (tertiary/aromatic N) is 2. The summed E-state index contributed by atoms with van der Waals surface area (Å²) in [6.45, 7) is 10.4. The van der Waals surface area contributed by atoms with Crippen LogP contribution in [0.4, 0.5) is 0 Å². The van der Waals surface area contributed by atoms with E-state index in [-0.39, 0.29) is 5.54 Å². The molecule has 1 saturated heterocycles. The number of rotatable bonds is 4. The van der Waals surface area contributed by atoms with Crippen molar-refractivity contribution >= 4 is 0 Å². The summed E-state index contributed by atoms with van der Waals surface area (Å²) in [5.41, 5.74) is 1.89. The van der Waals surface area contributed by atoms with Gasteiger partial charge in [-0.15, -0.1) is 0 Å². The fourth-order valence-corrected chi connectivity index (χ4v) is 3.46. The Labute approximate surface area is 122 Å². The Bertz CT molecular complexity index is 457. The molecule has 2 heterocycles. The van der Waals surface area contributed by atoms with E-state index < -0.39 is 0 Å². The Morgan fingerprint density at radius 3 is 2.80 bits per heavy atom. The summed E-state index contributed by atoms with van der Waals surface area (Å²) in [5.74, 6) is 0.869. The van der Waals surface area contributed by atoms with Crippen LogP contribution in [0.1, 0.15) is 45.6 Å². The van der Waals surface area contributed by atoms with Crippen LogP contribution in [0, 0.1) is 5.92 Å². The molecule has 0 amide bonds. The third-order valence-electron chi connectivity index (χ3n) is 5.47. The molecular formula is C17H27N3. The van der Waals surface area contributed by atoms with Crippen LogP contribution in [0.15, 0.2) is 24.5 Å². The molecule has 2 unspecified atom stereocenters. The molecule has 1 aliphatic heterocycles. The van der Waals surface area contributed by atoms with Crippen LogP contribution < -0.4 is 5.32 Å². The fraction of sp³-hybridized carbons (Fsp3) is 0.706. The molecule has 0 spiro atoms. The average Bonchev–Trinajstić information content (AvgIpc) is 3.29. The predicted octanol–water partition coefficient (Wildman–Crippen LogP) is 2.82. The highest BCUT2D eigenvalue weighted by molar-refractivity contribution is 5.13. The lowest BCUT2D eigenvalue weighted by atomic mass is 9.84. The van der Waals surface area contributed by atoms with Gasteiger partial charge in [-0.3, -0.25) is 9.88 Å². The van der Waals surface area contributed by atoms with Crippen LogP contribution >= 0.6 is 0 Å². The minimum Gasteiger partial charge on any atom is -0.308 e. The summed E-state index contributed by atoms with van der Waals surface area (Å²) in [4.78, 5) is 6.98. The molecule has 2 atom stereocenters. The van der Waals surface area contributed by atoms with Crippen LogP contribution in [-0.4, -0.2) is 34.1 Å². The topological polar surface area (TPSA) is 28.2 Å². The zero-order chi connectivity index (χ0) is 14.2. The first-order valence-electron chi connectivity index (χ1n) is 7.95. The summed E-state index contributed by atoms with van der Waals surface area (Å²) in [7, 11) is 0. The largest absolute Gasteiger partial charge is 0.308 e. The van der Waals surface area contributed by atoms with Gasteiger partial charge in [-0.05, 0) is 50.7 Å². The average molecular weight is 273 g/mol. The fourth-order valence-electron chi connectivity index (χ4n) is 3.46.